The van der Waals surface area contributed by atoms with Gasteiger partial charge in [-0.15, -0.1) is 0 Å². The van der Waals surface area contributed by atoms with Crippen molar-refractivity contribution in [1.82, 2.24) is 9.62 Å². The number of sulfonamides is 1. The monoisotopic (exact) mass is 360 g/mol. The third-order valence-corrected chi connectivity index (χ3v) is 6.68. The van der Waals surface area contributed by atoms with Gasteiger partial charge in [-0.05, 0) is 43.2 Å². The second-order valence-electron chi connectivity index (χ2n) is 6.32. The molecule has 0 saturated carbocycles. The van der Waals surface area contributed by atoms with Crippen LogP contribution in [0.15, 0.2) is 47.4 Å². The number of benzene rings is 2. The average molecular weight is 360 g/mol. The summed E-state index contributed by atoms with van der Waals surface area (Å²) < 4.78 is 33.6. The number of aryl methyl sites for hydroxylation is 2. The van der Waals surface area contributed by atoms with Gasteiger partial charge in [-0.1, -0.05) is 24.3 Å². The summed E-state index contributed by atoms with van der Waals surface area (Å²) in [4.78, 5) is 0.345. The van der Waals surface area contributed by atoms with E-state index in [1.54, 1.807) is 23.5 Å². The van der Waals surface area contributed by atoms with Gasteiger partial charge in [0, 0.05) is 25.2 Å². The Balaban J connectivity index is 2.04. The highest BCUT2D eigenvalue weighted by molar-refractivity contribution is 7.89. The summed E-state index contributed by atoms with van der Waals surface area (Å²) in [6.07, 6.45) is 0. The van der Waals surface area contributed by atoms with Crippen LogP contribution in [0.4, 0.5) is 0 Å². The Hall–Kier alpha value is -1.89. The van der Waals surface area contributed by atoms with Crippen LogP contribution in [0.3, 0.4) is 0 Å². The van der Waals surface area contributed by atoms with E-state index in [2.05, 4.69) is 5.32 Å². The molecule has 1 heterocycles. The van der Waals surface area contributed by atoms with Gasteiger partial charge in [0.2, 0.25) is 10.0 Å². The Morgan fingerprint density at radius 2 is 1.88 bits per heavy atom. The molecule has 1 aliphatic rings. The maximum atomic E-state index is 13.3. The van der Waals surface area contributed by atoms with Gasteiger partial charge >= 0.3 is 0 Å². The minimum atomic E-state index is -3.59. The third-order valence-electron chi connectivity index (χ3n) is 4.78. The van der Waals surface area contributed by atoms with Crippen molar-refractivity contribution in [1.29, 1.82) is 0 Å². The summed E-state index contributed by atoms with van der Waals surface area (Å²) in [6.45, 7) is 5.54. The van der Waals surface area contributed by atoms with Crippen LogP contribution < -0.4 is 10.1 Å². The molecule has 3 rings (SSSR count). The van der Waals surface area contributed by atoms with Gasteiger partial charge in [0.1, 0.15) is 5.75 Å². The molecule has 0 aromatic heterocycles. The molecule has 0 amide bonds. The maximum absolute atomic E-state index is 13.3. The fourth-order valence-corrected chi connectivity index (χ4v) is 4.88. The van der Waals surface area contributed by atoms with E-state index in [1.807, 2.05) is 44.2 Å². The number of methoxy groups -OCH3 is 1. The number of piperazine rings is 1. The van der Waals surface area contributed by atoms with Crippen LogP contribution in [-0.2, 0) is 10.0 Å². The predicted octanol–water partition coefficient (Wildman–Crippen LogP) is 2.65. The first-order valence-corrected chi connectivity index (χ1v) is 9.82. The van der Waals surface area contributed by atoms with Crippen molar-refractivity contribution in [2.45, 2.75) is 24.8 Å². The Morgan fingerprint density at radius 1 is 1.12 bits per heavy atom. The van der Waals surface area contributed by atoms with E-state index < -0.39 is 10.0 Å². The minimum absolute atomic E-state index is 0.295. The Kier molecular flexibility index (Phi) is 5.13. The molecule has 1 atom stereocenters. The molecule has 0 bridgehead atoms. The molecule has 25 heavy (non-hydrogen) atoms. The van der Waals surface area contributed by atoms with Crippen molar-refractivity contribution in [3.8, 4) is 5.75 Å². The van der Waals surface area contributed by atoms with E-state index in [-0.39, 0.29) is 6.04 Å². The van der Waals surface area contributed by atoms with Crippen molar-refractivity contribution in [2.75, 3.05) is 26.7 Å². The van der Waals surface area contributed by atoms with Gasteiger partial charge in [-0.3, -0.25) is 0 Å². The molecule has 1 fully saturated rings. The first-order chi connectivity index (χ1) is 11.9. The van der Waals surface area contributed by atoms with E-state index in [4.69, 9.17) is 4.74 Å². The zero-order valence-corrected chi connectivity index (χ0v) is 15.6. The molecule has 1 N–H and O–H groups in total. The zero-order valence-electron chi connectivity index (χ0n) is 14.8. The molecular weight excluding hydrogens is 336 g/mol. The molecule has 0 spiro atoms. The molecule has 2 aromatic carbocycles. The summed E-state index contributed by atoms with van der Waals surface area (Å²) in [5.74, 6) is 0.705. The Bertz CT molecular complexity index is 865. The summed E-state index contributed by atoms with van der Waals surface area (Å²) in [7, 11) is -1.98. The van der Waals surface area contributed by atoms with Gasteiger partial charge < -0.3 is 10.1 Å². The Labute approximate surface area is 149 Å². The highest BCUT2D eigenvalue weighted by Crippen LogP contribution is 2.34. The van der Waals surface area contributed by atoms with Gasteiger partial charge in [-0.2, -0.15) is 4.31 Å². The standard InChI is InChI=1S/C19H24N2O3S/c1-14-8-9-16(12-15(14)2)25(22,23)21-11-10-20-13-18(21)17-6-4-5-7-19(17)24-3/h4-9,12,18,20H,10-11,13H2,1-3H3. The van der Waals surface area contributed by atoms with E-state index in [1.165, 1.54) is 0 Å². The van der Waals surface area contributed by atoms with Crippen molar-refractivity contribution in [3.05, 3.63) is 59.2 Å². The number of rotatable bonds is 4. The molecule has 134 valence electrons. The largest absolute Gasteiger partial charge is 0.496 e. The molecule has 6 heteroatoms. The SMILES string of the molecule is COc1ccccc1C1CNCCN1S(=O)(=O)c1ccc(C)c(C)c1. The second-order valence-corrected chi connectivity index (χ2v) is 8.21. The molecule has 1 aliphatic heterocycles. The van der Waals surface area contributed by atoms with E-state index in [0.29, 0.717) is 30.3 Å². The van der Waals surface area contributed by atoms with Crippen molar-refractivity contribution >= 4 is 10.0 Å². The number of hydrogen-bond acceptors (Lipinski definition) is 4. The summed E-state index contributed by atoms with van der Waals surface area (Å²) >= 11 is 0. The van der Waals surface area contributed by atoms with Crippen LogP contribution in [0.1, 0.15) is 22.7 Å². The van der Waals surface area contributed by atoms with Crippen molar-refractivity contribution in [2.24, 2.45) is 0 Å². The van der Waals surface area contributed by atoms with Crippen LogP contribution in [-0.4, -0.2) is 39.5 Å². The molecule has 0 radical (unpaired) electrons. The molecule has 2 aromatic rings. The number of nitrogens with zero attached hydrogens (tertiary/aromatic N) is 1. The van der Waals surface area contributed by atoms with Crippen LogP contribution in [0, 0.1) is 13.8 Å². The lowest BCUT2D eigenvalue weighted by Crippen LogP contribution is -2.48. The lowest BCUT2D eigenvalue weighted by Gasteiger charge is -2.36. The van der Waals surface area contributed by atoms with Crippen molar-refractivity contribution < 1.29 is 13.2 Å². The fraction of sp³-hybridized carbons (Fsp3) is 0.368. The number of nitrogens with one attached hydrogen (secondary N) is 1. The van der Waals surface area contributed by atoms with E-state index in [9.17, 15) is 8.42 Å². The Morgan fingerprint density at radius 3 is 2.60 bits per heavy atom. The molecule has 1 saturated heterocycles. The first-order valence-electron chi connectivity index (χ1n) is 8.38. The highest BCUT2D eigenvalue weighted by atomic mass is 32.2. The molecule has 0 aliphatic carbocycles. The number of ether oxygens (including phenoxy) is 1. The average Bonchev–Trinajstić information content (AvgIpc) is 2.63. The number of para-hydroxylation sites is 1. The van der Waals surface area contributed by atoms with Crippen LogP contribution in [0.5, 0.6) is 5.75 Å². The van der Waals surface area contributed by atoms with Gasteiger partial charge in [0.05, 0.1) is 18.0 Å². The topological polar surface area (TPSA) is 58.6 Å². The summed E-state index contributed by atoms with van der Waals surface area (Å²) in [5.41, 5.74) is 2.94. The normalized spacial score (nSPS) is 18.9. The molecule has 1 unspecified atom stereocenters. The zero-order chi connectivity index (χ0) is 18.0. The quantitative estimate of drug-likeness (QED) is 0.911. The molecular formula is C19H24N2O3S. The van der Waals surface area contributed by atoms with E-state index >= 15 is 0 Å². The van der Waals surface area contributed by atoms with E-state index in [0.717, 1.165) is 16.7 Å². The molecule has 5 nitrogen and oxygen atoms in total. The smallest absolute Gasteiger partial charge is 0.243 e. The minimum Gasteiger partial charge on any atom is -0.496 e. The highest BCUT2D eigenvalue weighted by Gasteiger charge is 2.35. The second kappa shape index (κ2) is 7.15. The fourth-order valence-electron chi connectivity index (χ4n) is 3.19. The van der Waals surface area contributed by atoms with Gasteiger partial charge in [0.25, 0.3) is 0 Å². The lowest BCUT2D eigenvalue weighted by atomic mass is 10.0. The van der Waals surface area contributed by atoms with Gasteiger partial charge in [-0.25, -0.2) is 8.42 Å². The predicted molar refractivity (Wildman–Crippen MR) is 98.4 cm³/mol. The summed E-state index contributed by atoms with van der Waals surface area (Å²) in [6, 6.07) is 12.6. The van der Waals surface area contributed by atoms with Gasteiger partial charge in [0.15, 0.2) is 0 Å². The van der Waals surface area contributed by atoms with Crippen LogP contribution >= 0.6 is 0 Å². The number of hydrogen-bond donors (Lipinski definition) is 1. The van der Waals surface area contributed by atoms with Crippen LogP contribution in [0.2, 0.25) is 0 Å². The first kappa shape index (κ1) is 17.9. The maximum Gasteiger partial charge on any atom is 0.243 e. The van der Waals surface area contributed by atoms with Crippen LogP contribution in [0.25, 0.3) is 0 Å². The summed E-state index contributed by atoms with van der Waals surface area (Å²) in [5, 5.41) is 3.30. The lowest BCUT2D eigenvalue weighted by molar-refractivity contribution is 0.264. The third kappa shape index (κ3) is 3.42. The van der Waals surface area contributed by atoms with Crippen molar-refractivity contribution in [3.63, 3.8) is 0 Å².